The molecule has 0 aliphatic heterocycles. The van der Waals surface area contributed by atoms with Crippen LogP contribution < -0.4 is 15.0 Å². The molecule has 0 aromatic heterocycles. The summed E-state index contributed by atoms with van der Waals surface area (Å²) < 4.78 is 5.57. The lowest BCUT2D eigenvalue weighted by Crippen LogP contribution is -2.36. The lowest BCUT2D eigenvalue weighted by atomic mass is 10.2. The molecular formula is C20H23ClN2O3. The number of hydrogen-bond acceptors (Lipinski definition) is 3. The Kier molecular flexibility index (Phi) is 6.64. The molecule has 0 bridgehead atoms. The van der Waals surface area contributed by atoms with Gasteiger partial charge in [0.2, 0.25) is 11.8 Å². The van der Waals surface area contributed by atoms with Crippen molar-refractivity contribution in [3.05, 3.63) is 53.1 Å². The molecule has 0 spiro atoms. The minimum Gasteiger partial charge on any atom is -0.491 e. The third-order valence-corrected chi connectivity index (χ3v) is 4.07. The van der Waals surface area contributed by atoms with E-state index in [1.54, 1.807) is 36.4 Å². The van der Waals surface area contributed by atoms with Crippen molar-refractivity contribution < 1.29 is 14.3 Å². The van der Waals surface area contributed by atoms with E-state index in [1.807, 2.05) is 26.8 Å². The van der Waals surface area contributed by atoms with E-state index in [1.165, 1.54) is 11.8 Å². The zero-order valence-corrected chi connectivity index (χ0v) is 16.1. The molecule has 0 heterocycles. The van der Waals surface area contributed by atoms with Crippen molar-refractivity contribution in [1.82, 2.24) is 0 Å². The van der Waals surface area contributed by atoms with Crippen LogP contribution in [0.5, 0.6) is 5.75 Å². The van der Waals surface area contributed by atoms with Gasteiger partial charge in [-0.2, -0.15) is 0 Å². The lowest BCUT2D eigenvalue weighted by Gasteiger charge is -2.21. The summed E-state index contributed by atoms with van der Waals surface area (Å²) in [5.41, 5.74) is 2.13. The van der Waals surface area contributed by atoms with Gasteiger partial charge in [0.05, 0.1) is 6.10 Å². The molecule has 2 aromatic rings. The van der Waals surface area contributed by atoms with Crippen LogP contribution in [0, 0.1) is 6.92 Å². The van der Waals surface area contributed by atoms with E-state index in [0.717, 1.165) is 11.3 Å². The fourth-order valence-corrected chi connectivity index (χ4v) is 2.54. The predicted molar refractivity (Wildman–Crippen MR) is 105 cm³/mol. The number of halogens is 1. The second kappa shape index (κ2) is 8.72. The van der Waals surface area contributed by atoms with Crippen molar-refractivity contribution in [3.63, 3.8) is 0 Å². The summed E-state index contributed by atoms with van der Waals surface area (Å²) in [6.07, 6.45) is 0.0842. The molecule has 0 unspecified atom stereocenters. The monoisotopic (exact) mass is 374 g/mol. The molecule has 2 amide bonds. The zero-order valence-electron chi connectivity index (χ0n) is 15.4. The Hall–Kier alpha value is -2.53. The average molecular weight is 375 g/mol. The topological polar surface area (TPSA) is 58.6 Å². The molecular weight excluding hydrogens is 352 g/mol. The molecule has 2 aromatic carbocycles. The summed E-state index contributed by atoms with van der Waals surface area (Å²) >= 11 is 6.13. The quantitative estimate of drug-likeness (QED) is 0.813. The molecule has 138 valence electrons. The summed E-state index contributed by atoms with van der Waals surface area (Å²) in [6.45, 7) is 7.09. The maximum atomic E-state index is 12.3. The maximum absolute atomic E-state index is 12.3. The molecule has 0 aliphatic carbocycles. The number of nitrogens with zero attached hydrogens (tertiary/aromatic N) is 1. The van der Waals surface area contributed by atoms with Crippen molar-refractivity contribution in [2.75, 3.05) is 16.8 Å². The fraction of sp³-hybridized carbons (Fsp3) is 0.300. The van der Waals surface area contributed by atoms with Crippen LogP contribution in [-0.4, -0.2) is 24.5 Å². The SMILES string of the molecule is CC(=O)N(CC(=O)Nc1ccc(OC(C)C)cc1)c1ccc(C)c(Cl)c1. The number of hydrogen-bond donors (Lipinski definition) is 1. The number of aryl methyl sites for hydroxylation is 1. The lowest BCUT2D eigenvalue weighted by molar-refractivity contribution is -0.120. The van der Waals surface area contributed by atoms with Crippen molar-refractivity contribution >= 4 is 34.8 Å². The van der Waals surface area contributed by atoms with E-state index < -0.39 is 0 Å². The number of amides is 2. The molecule has 0 atom stereocenters. The Bertz CT molecular complexity index is 788. The summed E-state index contributed by atoms with van der Waals surface area (Å²) in [5.74, 6) is 0.202. The standard InChI is InChI=1S/C20H23ClN2O3/c1-13(2)26-18-9-6-16(7-10-18)22-20(25)12-23(15(4)24)17-8-5-14(3)19(21)11-17/h5-11,13H,12H2,1-4H3,(H,22,25). The molecule has 2 rings (SSSR count). The number of ether oxygens (including phenoxy) is 1. The number of nitrogens with one attached hydrogen (secondary N) is 1. The molecule has 0 saturated carbocycles. The Labute approximate surface area is 158 Å². The highest BCUT2D eigenvalue weighted by atomic mass is 35.5. The number of rotatable bonds is 6. The third kappa shape index (κ3) is 5.49. The van der Waals surface area contributed by atoms with E-state index in [4.69, 9.17) is 16.3 Å². The highest BCUT2D eigenvalue weighted by Crippen LogP contribution is 2.23. The van der Waals surface area contributed by atoms with Crippen LogP contribution >= 0.6 is 11.6 Å². The Balaban J connectivity index is 2.05. The molecule has 6 heteroatoms. The summed E-state index contributed by atoms with van der Waals surface area (Å²) in [7, 11) is 0. The first kappa shape index (κ1) is 19.8. The second-order valence-corrected chi connectivity index (χ2v) is 6.69. The first-order chi connectivity index (χ1) is 12.3. The molecule has 1 N–H and O–H groups in total. The van der Waals surface area contributed by atoms with Crippen LogP contribution in [-0.2, 0) is 9.59 Å². The van der Waals surface area contributed by atoms with Crippen LogP contribution in [0.1, 0.15) is 26.3 Å². The Morgan fingerprint density at radius 3 is 2.35 bits per heavy atom. The van der Waals surface area contributed by atoms with Crippen LogP contribution in [0.25, 0.3) is 0 Å². The Morgan fingerprint density at radius 2 is 1.81 bits per heavy atom. The van der Waals surface area contributed by atoms with Crippen LogP contribution in [0.3, 0.4) is 0 Å². The minimum absolute atomic E-state index is 0.0842. The minimum atomic E-state index is -0.297. The van der Waals surface area contributed by atoms with Crippen molar-refractivity contribution in [2.24, 2.45) is 0 Å². The predicted octanol–water partition coefficient (Wildman–Crippen LogP) is 4.43. The molecule has 5 nitrogen and oxygen atoms in total. The average Bonchev–Trinajstić information content (AvgIpc) is 2.56. The highest BCUT2D eigenvalue weighted by molar-refractivity contribution is 6.31. The van der Waals surface area contributed by atoms with E-state index >= 15 is 0 Å². The normalized spacial score (nSPS) is 10.5. The van der Waals surface area contributed by atoms with Gasteiger partial charge in [-0.1, -0.05) is 17.7 Å². The van der Waals surface area contributed by atoms with Gasteiger partial charge in [-0.3, -0.25) is 9.59 Å². The summed E-state index contributed by atoms with van der Waals surface area (Å²) in [5, 5.41) is 3.33. The van der Waals surface area contributed by atoms with Gasteiger partial charge in [-0.05, 0) is 62.7 Å². The molecule has 0 fully saturated rings. The van der Waals surface area contributed by atoms with Gasteiger partial charge in [0.25, 0.3) is 0 Å². The Morgan fingerprint density at radius 1 is 1.15 bits per heavy atom. The summed E-state index contributed by atoms with van der Waals surface area (Å²) in [4.78, 5) is 25.7. The first-order valence-corrected chi connectivity index (χ1v) is 8.75. The van der Waals surface area contributed by atoms with Crippen molar-refractivity contribution in [2.45, 2.75) is 33.8 Å². The van der Waals surface area contributed by atoms with Crippen LogP contribution in [0.2, 0.25) is 5.02 Å². The largest absolute Gasteiger partial charge is 0.491 e. The van der Waals surface area contributed by atoms with Gasteiger partial charge in [0, 0.05) is 23.3 Å². The van der Waals surface area contributed by atoms with E-state index in [0.29, 0.717) is 16.4 Å². The third-order valence-electron chi connectivity index (χ3n) is 3.66. The van der Waals surface area contributed by atoms with Crippen molar-refractivity contribution in [3.8, 4) is 5.75 Å². The molecule has 0 radical (unpaired) electrons. The fourth-order valence-electron chi connectivity index (χ4n) is 2.37. The summed E-state index contributed by atoms with van der Waals surface area (Å²) in [6, 6.07) is 12.4. The zero-order chi connectivity index (χ0) is 19.3. The van der Waals surface area contributed by atoms with Crippen LogP contribution in [0.15, 0.2) is 42.5 Å². The first-order valence-electron chi connectivity index (χ1n) is 8.37. The van der Waals surface area contributed by atoms with E-state index in [2.05, 4.69) is 5.32 Å². The van der Waals surface area contributed by atoms with Crippen molar-refractivity contribution in [1.29, 1.82) is 0 Å². The van der Waals surface area contributed by atoms with Gasteiger partial charge in [-0.15, -0.1) is 0 Å². The van der Waals surface area contributed by atoms with E-state index in [9.17, 15) is 9.59 Å². The number of benzene rings is 2. The highest BCUT2D eigenvalue weighted by Gasteiger charge is 2.16. The maximum Gasteiger partial charge on any atom is 0.244 e. The van der Waals surface area contributed by atoms with Gasteiger partial charge >= 0.3 is 0 Å². The van der Waals surface area contributed by atoms with E-state index in [-0.39, 0.29) is 24.5 Å². The molecule has 26 heavy (non-hydrogen) atoms. The number of anilines is 2. The molecule has 0 aliphatic rings. The van der Waals surface area contributed by atoms with Gasteiger partial charge in [0.1, 0.15) is 12.3 Å². The van der Waals surface area contributed by atoms with Gasteiger partial charge < -0.3 is 15.0 Å². The number of carbonyl (C=O) groups excluding carboxylic acids is 2. The second-order valence-electron chi connectivity index (χ2n) is 6.28. The smallest absolute Gasteiger partial charge is 0.244 e. The van der Waals surface area contributed by atoms with Crippen LogP contribution in [0.4, 0.5) is 11.4 Å². The van der Waals surface area contributed by atoms with Gasteiger partial charge in [-0.25, -0.2) is 0 Å². The van der Waals surface area contributed by atoms with Gasteiger partial charge in [0.15, 0.2) is 0 Å². The number of carbonyl (C=O) groups is 2. The molecule has 0 saturated heterocycles.